The molecule has 2 atom stereocenters. The number of halogens is 7. The van der Waals surface area contributed by atoms with Gasteiger partial charge in [-0.1, -0.05) is 6.42 Å². The number of alkyl halides is 6. The van der Waals surface area contributed by atoms with Crippen molar-refractivity contribution < 1.29 is 31.4 Å². The fourth-order valence-electron chi connectivity index (χ4n) is 2.44. The summed E-state index contributed by atoms with van der Waals surface area (Å²) in [6.45, 7) is 0. The van der Waals surface area contributed by atoms with Crippen LogP contribution in [0, 0.1) is 5.92 Å². The van der Waals surface area contributed by atoms with Crippen LogP contribution >= 0.6 is 12.4 Å². The molecule has 132 valence electrons. The minimum Gasteiger partial charge on any atom is -0.391 e. The number of hydrogen-bond donors (Lipinski definition) is 2. The predicted molar refractivity (Wildman–Crippen MR) is 74.0 cm³/mol. The van der Waals surface area contributed by atoms with Crippen LogP contribution in [0.25, 0.3) is 0 Å². The van der Waals surface area contributed by atoms with Crippen LogP contribution in [0.2, 0.25) is 0 Å². The van der Waals surface area contributed by atoms with Gasteiger partial charge in [0.1, 0.15) is 0 Å². The number of rotatable bonds is 3. The third kappa shape index (κ3) is 4.51. The third-order valence-corrected chi connectivity index (χ3v) is 4.00. The van der Waals surface area contributed by atoms with E-state index in [0.717, 1.165) is 6.42 Å². The fourth-order valence-corrected chi connectivity index (χ4v) is 2.44. The van der Waals surface area contributed by atoms with Crippen LogP contribution in [-0.2, 0) is 12.4 Å². The van der Waals surface area contributed by atoms with E-state index in [1.54, 1.807) is 0 Å². The molecule has 1 aliphatic rings. The molecule has 2 nitrogen and oxygen atoms in total. The summed E-state index contributed by atoms with van der Waals surface area (Å²) in [7, 11) is 0. The first kappa shape index (κ1) is 20.1. The quantitative estimate of drug-likeness (QED) is 0.786. The number of aliphatic hydroxyl groups excluding tert-OH is 1. The van der Waals surface area contributed by atoms with Gasteiger partial charge in [0.2, 0.25) is 0 Å². The van der Waals surface area contributed by atoms with Gasteiger partial charge < -0.3 is 10.8 Å². The van der Waals surface area contributed by atoms with Crippen LogP contribution in [0.3, 0.4) is 0 Å². The number of hydrogen-bond acceptors (Lipinski definition) is 2. The molecule has 1 aliphatic carbocycles. The summed E-state index contributed by atoms with van der Waals surface area (Å²) in [5.41, 5.74) is 2.48. The van der Waals surface area contributed by atoms with Gasteiger partial charge in [-0.25, -0.2) is 0 Å². The fraction of sp³-hybridized carbons (Fsp3) is 0.571. The van der Waals surface area contributed by atoms with Crippen molar-refractivity contribution in [1.29, 1.82) is 0 Å². The Bertz CT molecular complexity index is 509. The summed E-state index contributed by atoms with van der Waals surface area (Å²) in [4.78, 5) is 0. The number of benzene rings is 1. The zero-order valence-electron chi connectivity index (χ0n) is 11.8. The summed E-state index contributed by atoms with van der Waals surface area (Å²) in [5, 5.41) is 9.99. The molecule has 0 heterocycles. The summed E-state index contributed by atoms with van der Waals surface area (Å²) in [5.74, 6) is -0.182. The lowest BCUT2D eigenvalue weighted by atomic mass is 9.77. The maximum Gasteiger partial charge on any atom is 0.416 e. The topological polar surface area (TPSA) is 46.2 Å². The van der Waals surface area contributed by atoms with E-state index in [1.165, 1.54) is 0 Å². The molecular weight excluding hydrogens is 348 g/mol. The first-order valence-electron chi connectivity index (χ1n) is 6.73. The molecule has 0 radical (unpaired) electrons. The molecule has 0 spiro atoms. The highest BCUT2D eigenvalue weighted by Gasteiger charge is 2.38. The van der Waals surface area contributed by atoms with E-state index in [2.05, 4.69) is 0 Å². The molecule has 0 aliphatic heterocycles. The van der Waals surface area contributed by atoms with Gasteiger partial charge in [-0.2, -0.15) is 26.3 Å². The average molecular weight is 364 g/mol. The zero-order chi connectivity index (χ0) is 16.7. The van der Waals surface area contributed by atoms with Gasteiger partial charge in [-0.3, -0.25) is 0 Å². The van der Waals surface area contributed by atoms with Crippen molar-refractivity contribution in [1.82, 2.24) is 0 Å². The largest absolute Gasteiger partial charge is 0.416 e. The van der Waals surface area contributed by atoms with Crippen molar-refractivity contribution in [3.05, 3.63) is 34.9 Å². The van der Waals surface area contributed by atoms with Gasteiger partial charge in [0.25, 0.3) is 0 Å². The lowest BCUT2D eigenvalue weighted by molar-refractivity contribution is -0.143. The van der Waals surface area contributed by atoms with Crippen LogP contribution in [0.4, 0.5) is 26.3 Å². The second-order valence-corrected chi connectivity index (χ2v) is 5.55. The minimum atomic E-state index is -4.92. The molecule has 9 heteroatoms. The molecule has 0 bridgehead atoms. The van der Waals surface area contributed by atoms with Crippen molar-refractivity contribution in [2.75, 3.05) is 0 Å². The van der Waals surface area contributed by atoms with Crippen molar-refractivity contribution in [3.63, 3.8) is 0 Å². The SMILES string of the molecule is Cl.N[C@@H](c1cc(C(F)(F)F)cc(C(F)(F)F)c1)[C@H](O)C1CCC1. The van der Waals surface area contributed by atoms with E-state index in [-0.39, 0.29) is 30.0 Å². The van der Waals surface area contributed by atoms with E-state index in [0.29, 0.717) is 25.0 Å². The molecule has 0 amide bonds. The van der Waals surface area contributed by atoms with E-state index in [4.69, 9.17) is 5.73 Å². The normalized spacial score (nSPS) is 18.8. The molecule has 3 N–H and O–H groups in total. The Morgan fingerprint density at radius 3 is 1.70 bits per heavy atom. The van der Waals surface area contributed by atoms with Crippen molar-refractivity contribution >= 4 is 12.4 Å². The highest BCUT2D eigenvalue weighted by Crippen LogP contribution is 2.39. The second kappa shape index (κ2) is 6.86. The van der Waals surface area contributed by atoms with E-state index >= 15 is 0 Å². The maximum absolute atomic E-state index is 12.8. The Hall–Kier alpha value is -0.990. The van der Waals surface area contributed by atoms with E-state index in [1.807, 2.05) is 0 Å². The summed E-state index contributed by atoms with van der Waals surface area (Å²) in [6.07, 6.45) is -8.79. The Balaban J connectivity index is 0.00000264. The Labute approximate surface area is 135 Å². The predicted octanol–water partition coefficient (Wildman–Crippen LogP) is 4.31. The van der Waals surface area contributed by atoms with Crippen LogP contribution in [0.15, 0.2) is 18.2 Å². The number of aliphatic hydroxyl groups is 1. The highest BCUT2D eigenvalue weighted by molar-refractivity contribution is 5.85. The minimum absolute atomic E-state index is 0. The molecule has 0 saturated heterocycles. The van der Waals surface area contributed by atoms with Crippen molar-refractivity contribution in [2.45, 2.75) is 43.8 Å². The Morgan fingerprint density at radius 2 is 1.39 bits per heavy atom. The molecule has 23 heavy (non-hydrogen) atoms. The molecule has 1 saturated carbocycles. The first-order valence-corrected chi connectivity index (χ1v) is 6.73. The molecular formula is C14H16ClF6NO. The Morgan fingerprint density at radius 1 is 0.957 bits per heavy atom. The van der Waals surface area contributed by atoms with Gasteiger partial charge in [-0.15, -0.1) is 12.4 Å². The molecule has 1 aromatic rings. The van der Waals surface area contributed by atoms with E-state index in [9.17, 15) is 31.4 Å². The van der Waals surface area contributed by atoms with Crippen molar-refractivity contribution in [2.24, 2.45) is 11.7 Å². The molecule has 1 fully saturated rings. The van der Waals surface area contributed by atoms with E-state index < -0.39 is 35.6 Å². The highest BCUT2D eigenvalue weighted by atomic mass is 35.5. The molecule has 2 rings (SSSR count). The lowest BCUT2D eigenvalue weighted by Gasteiger charge is -2.34. The monoisotopic (exact) mass is 363 g/mol. The van der Waals surface area contributed by atoms with Crippen LogP contribution in [-0.4, -0.2) is 11.2 Å². The van der Waals surface area contributed by atoms with Gasteiger partial charge in [0.15, 0.2) is 0 Å². The summed E-state index contributed by atoms with van der Waals surface area (Å²) >= 11 is 0. The number of nitrogens with two attached hydrogens (primary N) is 1. The standard InChI is InChI=1S/C14H15F6NO.ClH/c15-13(16,17)9-4-8(5-10(6-9)14(18,19)20)11(21)12(22)7-2-1-3-7;/h4-7,11-12,22H,1-3,21H2;1H/t11-,12+;/m0./s1. The van der Waals surface area contributed by atoms with Crippen molar-refractivity contribution in [3.8, 4) is 0 Å². The Kier molecular flexibility index (Phi) is 5.98. The van der Waals surface area contributed by atoms with Crippen LogP contribution in [0.1, 0.15) is 42.0 Å². The smallest absolute Gasteiger partial charge is 0.391 e. The third-order valence-electron chi connectivity index (χ3n) is 4.00. The van der Waals surface area contributed by atoms with Gasteiger partial charge in [-0.05, 0) is 42.5 Å². The molecule has 0 unspecified atom stereocenters. The zero-order valence-corrected chi connectivity index (χ0v) is 12.6. The van der Waals surface area contributed by atoms with Gasteiger partial charge in [0, 0.05) is 0 Å². The van der Waals surface area contributed by atoms with Crippen LogP contribution < -0.4 is 5.73 Å². The second-order valence-electron chi connectivity index (χ2n) is 5.55. The van der Waals surface area contributed by atoms with Gasteiger partial charge >= 0.3 is 12.4 Å². The first-order chi connectivity index (χ1) is 10.00. The molecule has 0 aromatic heterocycles. The lowest BCUT2D eigenvalue weighted by Crippen LogP contribution is -2.36. The summed E-state index contributed by atoms with van der Waals surface area (Å²) in [6, 6.07) is -0.0936. The maximum atomic E-state index is 12.8. The van der Waals surface area contributed by atoms with Gasteiger partial charge in [0.05, 0.1) is 23.3 Å². The summed E-state index contributed by atoms with van der Waals surface area (Å²) < 4.78 is 76.6. The molecule has 1 aromatic carbocycles. The average Bonchev–Trinajstić information content (AvgIpc) is 2.33. The van der Waals surface area contributed by atoms with Crippen LogP contribution in [0.5, 0.6) is 0 Å².